The normalized spacial score (nSPS) is 19.4. The number of epoxide rings is 1. The molecule has 0 saturated carbocycles. The van der Waals surface area contributed by atoms with Crippen molar-refractivity contribution in [3.8, 4) is 0 Å². The fourth-order valence-corrected chi connectivity index (χ4v) is 1.92. The van der Waals surface area contributed by atoms with Gasteiger partial charge in [-0.2, -0.15) is 24.4 Å². The van der Waals surface area contributed by atoms with Crippen LogP contribution in [0.25, 0.3) is 0 Å². The molecule has 0 spiro atoms. The third-order valence-electron chi connectivity index (χ3n) is 1.89. The van der Waals surface area contributed by atoms with E-state index < -0.39 is 0 Å². The molecule has 3 nitrogen and oxygen atoms in total. The van der Waals surface area contributed by atoms with E-state index in [1.165, 1.54) is 0 Å². The van der Waals surface area contributed by atoms with E-state index in [-0.39, 0.29) is 0 Å². The molecule has 15 heavy (non-hydrogen) atoms. The molecular weight excluding hydrogens is 232 g/mol. The highest BCUT2D eigenvalue weighted by Crippen LogP contribution is 2.09. The number of ether oxygens (including phenoxy) is 3. The minimum atomic E-state index is 0.396. The summed E-state index contributed by atoms with van der Waals surface area (Å²) in [5.74, 6) is 3.02. The molecule has 1 atom stereocenters. The summed E-state index contributed by atoms with van der Waals surface area (Å²) in [6, 6.07) is 0. The summed E-state index contributed by atoms with van der Waals surface area (Å²) >= 11 is 5.98. The molecule has 1 fully saturated rings. The van der Waals surface area contributed by atoms with Crippen LogP contribution in [0, 0.1) is 0 Å². The first-order valence-electron chi connectivity index (χ1n) is 5.39. The summed E-state index contributed by atoms with van der Waals surface area (Å²) in [5, 5.41) is 0. The molecule has 0 amide bonds. The quantitative estimate of drug-likeness (QED) is 0.343. The van der Waals surface area contributed by atoms with E-state index in [9.17, 15) is 0 Å². The third-order valence-corrected chi connectivity index (χ3v) is 3.11. The highest BCUT2D eigenvalue weighted by molar-refractivity contribution is 7.99. The largest absolute Gasteiger partial charge is 0.380 e. The number of thiol groups is 1. The summed E-state index contributed by atoms with van der Waals surface area (Å²) in [6.07, 6.45) is 1.51. The molecule has 1 aliphatic heterocycles. The van der Waals surface area contributed by atoms with Gasteiger partial charge in [0.1, 0.15) is 6.10 Å². The second-order valence-corrected chi connectivity index (χ2v) is 5.00. The molecule has 0 aromatic carbocycles. The smallest absolute Gasteiger partial charge is 0.104 e. The van der Waals surface area contributed by atoms with Gasteiger partial charge in [0, 0.05) is 18.1 Å². The van der Waals surface area contributed by atoms with Crippen molar-refractivity contribution >= 4 is 24.4 Å². The summed E-state index contributed by atoms with van der Waals surface area (Å²) in [6.45, 7) is 4.10. The lowest BCUT2D eigenvalue weighted by Crippen LogP contribution is -2.04. The Balaban J connectivity index is 1.62. The molecule has 5 heteroatoms. The third kappa shape index (κ3) is 9.51. The van der Waals surface area contributed by atoms with E-state index in [0.717, 1.165) is 56.7 Å². The Hall–Kier alpha value is 0.580. The van der Waals surface area contributed by atoms with Crippen molar-refractivity contribution in [2.75, 3.05) is 50.3 Å². The van der Waals surface area contributed by atoms with Crippen LogP contribution in [0.5, 0.6) is 0 Å². The van der Waals surface area contributed by atoms with E-state index in [0.29, 0.717) is 6.10 Å². The van der Waals surface area contributed by atoms with Crippen molar-refractivity contribution in [3.05, 3.63) is 0 Å². The minimum absolute atomic E-state index is 0.396. The van der Waals surface area contributed by atoms with Gasteiger partial charge in [-0.3, -0.25) is 0 Å². The van der Waals surface area contributed by atoms with Crippen LogP contribution in [-0.4, -0.2) is 56.4 Å². The Labute approximate surface area is 102 Å². The van der Waals surface area contributed by atoms with Gasteiger partial charge in [-0.25, -0.2) is 0 Å². The second kappa shape index (κ2) is 9.78. The van der Waals surface area contributed by atoms with Crippen LogP contribution in [-0.2, 0) is 14.2 Å². The van der Waals surface area contributed by atoms with Gasteiger partial charge in [-0.1, -0.05) is 0 Å². The topological polar surface area (TPSA) is 31.0 Å². The van der Waals surface area contributed by atoms with Crippen LogP contribution >= 0.6 is 24.4 Å². The second-order valence-electron chi connectivity index (χ2n) is 3.33. The Kier molecular flexibility index (Phi) is 8.90. The van der Waals surface area contributed by atoms with Gasteiger partial charge in [-0.05, 0) is 12.2 Å². The van der Waals surface area contributed by atoms with Gasteiger partial charge >= 0.3 is 0 Å². The summed E-state index contributed by atoms with van der Waals surface area (Å²) in [4.78, 5) is 0. The zero-order valence-electron chi connectivity index (χ0n) is 9.02. The minimum Gasteiger partial charge on any atom is -0.380 e. The van der Waals surface area contributed by atoms with Gasteiger partial charge in [-0.15, -0.1) is 0 Å². The summed E-state index contributed by atoms with van der Waals surface area (Å²) in [7, 11) is 0. The first-order valence-corrected chi connectivity index (χ1v) is 7.18. The fourth-order valence-electron chi connectivity index (χ4n) is 1.03. The average molecular weight is 252 g/mol. The zero-order valence-corrected chi connectivity index (χ0v) is 10.7. The zero-order chi connectivity index (χ0) is 10.8. The first kappa shape index (κ1) is 13.6. The van der Waals surface area contributed by atoms with Crippen molar-refractivity contribution < 1.29 is 14.2 Å². The van der Waals surface area contributed by atoms with Gasteiger partial charge in [0.2, 0.25) is 0 Å². The van der Waals surface area contributed by atoms with E-state index in [1.807, 2.05) is 11.8 Å². The Morgan fingerprint density at radius 1 is 1.20 bits per heavy atom. The molecule has 0 aliphatic carbocycles. The molecule has 1 unspecified atom stereocenters. The van der Waals surface area contributed by atoms with Crippen LogP contribution in [0.1, 0.15) is 6.42 Å². The maximum absolute atomic E-state index is 5.42. The molecule has 0 radical (unpaired) electrons. The van der Waals surface area contributed by atoms with Gasteiger partial charge in [0.25, 0.3) is 0 Å². The standard InChI is InChI=1S/C10H20O3S2/c14-5-3-11-4-7-15-6-1-2-12-8-10-9-13-10/h10,14H,1-9H2. The van der Waals surface area contributed by atoms with E-state index in [4.69, 9.17) is 14.2 Å². The lowest BCUT2D eigenvalue weighted by atomic mass is 10.5. The van der Waals surface area contributed by atoms with E-state index in [1.54, 1.807) is 0 Å². The van der Waals surface area contributed by atoms with Crippen LogP contribution in [0.3, 0.4) is 0 Å². The van der Waals surface area contributed by atoms with Crippen LogP contribution in [0.2, 0.25) is 0 Å². The number of thioether (sulfide) groups is 1. The van der Waals surface area contributed by atoms with Gasteiger partial charge in [0.05, 0.1) is 26.4 Å². The SMILES string of the molecule is SCCOCCSCCCOCC1CO1. The molecule has 0 aromatic heterocycles. The Bertz CT molecular complexity index is 143. The molecule has 0 aromatic rings. The molecular formula is C10H20O3S2. The van der Waals surface area contributed by atoms with E-state index in [2.05, 4.69) is 12.6 Å². The monoisotopic (exact) mass is 252 g/mol. The molecule has 0 bridgehead atoms. The van der Waals surface area contributed by atoms with E-state index >= 15 is 0 Å². The molecule has 1 heterocycles. The molecule has 1 rings (SSSR count). The van der Waals surface area contributed by atoms with Crippen molar-refractivity contribution in [1.82, 2.24) is 0 Å². The summed E-state index contributed by atoms with van der Waals surface area (Å²) in [5.41, 5.74) is 0. The van der Waals surface area contributed by atoms with Crippen LogP contribution in [0.15, 0.2) is 0 Å². The van der Waals surface area contributed by atoms with Crippen molar-refractivity contribution in [2.45, 2.75) is 12.5 Å². The Morgan fingerprint density at radius 3 is 2.80 bits per heavy atom. The maximum Gasteiger partial charge on any atom is 0.104 e. The number of rotatable bonds is 11. The van der Waals surface area contributed by atoms with Crippen molar-refractivity contribution in [1.29, 1.82) is 0 Å². The average Bonchev–Trinajstić information content (AvgIpc) is 3.05. The Morgan fingerprint density at radius 2 is 2.07 bits per heavy atom. The lowest BCUT2D eigenvalue weighted by molar-refractivity contribution is 0.117. The molecule has 1 saturated heterocycles. The first-order chi connectivity index (χ1) is 7.43. The van der Waals surface area contributed by atoms with Gasteiger partial charge < -0.3 is 14.2 Å². The number of hydrogen-bond acceptors (Lipinski definition) is 5. The maximum atomic E-state index is 5.42. The predicted molar refractivity (Wildman–Crippen MR) is 67.2 cm³/mol. The highest BCUT2D eigenvalue weighted by atomic mass is 32.2. The van der Waals surface area contributed by atoms with Crippen molar-refractivity contribution in [2.24, 2.45) is 0 Å². The molecule has 0 N–H and O–H groups in total. The molecule has 1 aliphatic rings. The predicted octanol–water partition coefficient (Wildman–Crippen LogP) is 1.47. The lowest BCUT2D eigenvalue weighted by Gasteiger charge is -2.03. The van der Waals surface area contributed by atoms with Gasteiger partial charge in [0.15, 0.2) is 0 Å². The number of hydrogen-bond donors (Lipinski definition) is 1. The van der Waals surface area contributed by atoms with Crippen molar-refractivity contribution in [3.63, 3.8) is 0 Å². The summed E-state index contributed by atoms with van der Waals surface area (Å²) < 4.78 is 15.8. The highest BCUT2D eigenvalue weighted by Gasteiger charge is 2.21. The fraction of sp³-hybridized carbons (Fsp3) is 1.00. The van der Waals surface area contributed by atoms with Crippen LogP contribution in [0.4, 0.5) is 0 Å². The molecule has 90 valence electrons. The van der Waals surface area contributed by atoms with Crippen LogP contribution < -0.4 is 0 Å².